The van der Waals surface area contributed by atoms with Gasteiger partial charge in [0.2, 0.25) is 0 Å². The minimum Gasteiger partial charge on any atom is -0.471 e. The van der Waals surface area contributed by atoms with E-state index in [0.29, 0.717) is 0 Å². The van der Waals surface area contributed by atoms with Crippen LogP contribution >= 0.6 is 0 Å². The van der Waals surface area contributed by atoms with Crippen molar-refractivity contribution in [3.63, 3.8) is 0 Å². The van der Waals surface area contributed by atoms with E-state index in [2.05, 4.69) is 71.1 Å². The van der Waals surface area contributed by atoms with Crippen molar-refractivity contribution in [1.29, 1.82) is 0 Å². The zero-order valence-electron chi connectivity index (χ0n) is 13.7. The normalized spacial score (nSPS) is 24.5. The molecule has 1 N–H and O–H groups in total. The summed E-state index contributed by atoms with van der Waals surface area (Å²) in [6.07, 6.45) is 8.29. The Balaban J connectivity index is 1.60. The average Bonchev–Trinajstić information content (AvgIpc) is 3.10. The van der Waals surface area contributed by atoms with Crippen LogP contribution in [0.4, 0.5) is 0 Å². The van der Waals surface area contributed by atoms with Gasteiger partial charge in [0.1, 0.15) is 5.75 Å². The summed E-state index contributed by atoms with van der Waals surface area (Å²) in [4.78, 5) is 0. The molecule has 0 aromatic heterocycles. The predicted molar refractivity (Wildman–Crippen MR) is 95.0 cm³/mol. The van der Waals surface area contributed by atoms with Crippen molar-refractivity contribution in [2.75, 3.05) is 0 Å². The fraction of sp³-hybridized carbons (Fsp3) is 0.333. The third-order valence-electron chi connectivity index (χ3n) is 5.54. The zero-order chi connectivity index (χ0) is 16.0. The van der Waals surface area contributed by atoms with Gasteiger partial charge in [-0.25, -0.2) is 0 Å². The number of nitrogens with zero attached hydrogens (tertiary/aromatic N) is 1. The third kappa shape index (κ3) is 2.08. The van der Waals surface area contributed by atoms with Gasteiger partial charge in [-0.15, -0.1) is 0 Å². The molecular weight excluding hydrogens is 296 g/mol. The Labute approximate surface area is 142 Å². The molecular formula is C21H22N2O. The molecule has 0 amide bonds. The molecule has 5 rings (SSSR count). The number of benzene rings is 2. The molecule has 3 aliphatic rings. The van der Waals surface area contributed by atoms with Crippen molar-refractivity contribution in [2.24, 2.45) is 0 Å². The molecule has 1 aliphatic carbocycles. The topological polar surface area (TPSA) is 24.5 Å². The fourth-order valence-electron chi connectivity index (χ4n) is 4.35. The van der Waals surface area contributed by atoms with Gasteiger partial charge in [-0.2, -0.15) is 5.01 Å². The molecule has 0 saturated heterocycles. The number of hydrazine groups is 1. The predicted octanol–water partition coefficient (Wildman–Crippen LogP) is 4.64. The summed E-state index contributed by atoms with van der Waals surface area (Å²) in [5, 5.41) is 2.37. The number of fused-ring (bicyclic) bond motifs is 4. The zero-order valence-corrected chi connectivity index (χ0v) is 13.7. The molecule has 2 aliphatic heterocycles. The van der Waals surface area contributed by atoms with Gasteiger partial charge in [0, 0.05) is 18.4 Å². The lowest BCUT2D eigenvalue weighted by atomic mass is 9.87. The van der Waals surface area contributed by atoms with Crippen LogP contribution in [0.3, 0.4) is 0 Å². The highest BCUT2D eigenvalue weighted by Crippen LogP contribution is 2.49. The number of hydrogen-bond acceptors (Lipinski definition) is 3. The van der Waals surface area contributed by atoms with Crippen LogP contribution in [0, 0.1) is 0 Å². The molecule has 1 spiro atoms. The van der Waals surface area contributed by atoms with Crippen LogP contribution in [0.2, 0.25) is 0 Å². The number of rotatable bonds is 1. The molecule has 2 aromatic rings. The van der Waals surface area contributed by atoms with E-state index in [0.717, 1.165) is 18.6 Å². The van der Waals surface area contributed by atoms with Crippen LogP contribution < -0.4 is 10.2 Å². The Kier molecular flexibility index (Phi) is 3.17. The van der Waals surface area contributed by atoms with E-state index in [1.54, 1.807) is 0 Å². The summed E-state index contributed by atoms with van der Waals surface area (Å²) in [5.41, 5.74) is 7.14. The number of ether oxygens (including phenoxy) is 1. The Morgan fingerprint density at radius 3 is 2.50 bits per heavy atom. The summed E-state index contributed by atoms with van der Waals surface area (Å²) in [5.74, 6) is 1.05. The van der Waals surface area contributed by atoms with Gasteiger partial charge in [0.25, 0.3) is 0 Å². The maximum atomic E-state index is 6.59. The van der Waals surface area contributed by atoms with E-state index in [4.69, 9.17) is 4.74 Å². The molecule has 2 heterocycles. The first-order chi connectivity index (χ1) is 11.9. The van der Waals surface area contributed by atoms with Gasteiger partial charge in [-0.1, -0.05) is 55.0 Å². The Morgan fingerprint density at radius 1 is 0.917 bits per heavy atom. The second kappa shape index (κ2) is 5.38. The first-order valence-corrected chi connectivity index (χ1v) is 8.97. The van der Waals surface area contributed by atoms with Crippen LogP contribution in [-0.4, -0.2) is 10.7 Å². The van der Waals surface area contributed by atoms with E-state index >= 15 is 0 Å². The van der Waals surface area contributed by atoms with E-state index < -0.39 is 0 Å². The van der Waals surface area contributed by atoms with Gasteiger partial charge >= 0.3 is 0 Å². The minimum atomic E-state index is -0.218. The van der Waals surface area contributed by atoms with Gasteiger partial charge < -0.3 is 10.2 Å². The van der Waals surface area contributed by atoms with Gasteiger partial charge in [-0.05, 0) is 30.5 Å². The largest absolute Gasteiger partial charge is 0.471 e. The van der Waals surface area contributed by atoms with Crippen molar-refractivity contribution < 1.29 is 4.74 Å². The average molecular weight is 318 g/mol. The molecule has 24 heavy (non-hydrogen) atoms. The Morgan fingerprint density at radius 2 is 1.67 bits per heavy atom. The molecule has 1 atom stereocenters. The molecule has 122 valence electrons. The van der Waals surface area contributed by atoms with Crippen LogP contribution in [0.5, 0.6) is 5.75 Å². The van der Waals surface area contributed by atoms with E-state index in [9.17, 15) is 0 Å². The molecule has 0 radical (unpaired) electrons. The number of nitrogens with one attached hydrogen (secondary N) is 1. The highest BCUT2D eigenvalue weighted by Gasteiger charge is 2.50. The Hall–Kier alpha value is -2.26. The smallest absolute Gasteiger partial charge is 0.180 e. The summed E-state index contributed by atoms with van der Waals surface area (Å²) in [6.45, 7) is 0. The molecule has 0 unspecified atom stereocenters. The van der Waals surface area contributed by atoms with Crippen molar-refractivity contribution in [3.8, 4) is 5.75 Å². The highest BCUT2D eigenvalue weighted by atomic mass is 16.5. The highest BCUT2D eigenvalue weighted by molar-refractivity contribution is 5.67. The maximum absolute atomic E-state index is 6.59. The van der Waals surface area contributed by atoms with Gasteiger partial charge in [0.15, 0.2) is 5.72 Å². The molecule has 2 aromatic carbocycles. The van der Waals surface area contributed by atoms with Gasteiger partial charge in [0.05, 0.1) is 11.7 Å². The Bertz CT molecular complexity index is 777. The van der Waals surface area contributed by atoms with Crippen molar-refractivity contribution in [2.45, 2.75) is 43.9 Å². The minimum absolute atomic E-state index is 0.218. The van der Waals surface area contributed by atoms with Gasteiger partial charge in [-0.3, -0.25) is 0 Å². The number of para-hydroxylation sites is 1. The third-order valence-corrected chi connectivity index (χ3v) is 5.54. The first kappa shape index (κ1) is 14.1. The summed E-state index contributed by atoms with van der Waals surface area (Å²) >= 11 is 0. The lowest BCUT2D eigenvalue weighted by molar-refractivity contribution is -0.150. The van der Waals surface area contributed by atoms with Crippen molar-refractivity contribution in [1.82, 2.24) is 10.4 Å². The van der Waals surface area contributed by atoms with E-state index in [1.165, 1.54) is 36.1 Å². The SMILES string of the molecule is C1=C(c2ccccc2)NN2[C@@H]1c1ccccc1OC21CCCCC1. The number of hydrogen-bond donors (Lipinski definition) is 1. The fourth-order valence-corrected chi connectivity index (χ4v) is 4.35. The second-order valence-electron chi connectivity index (χ2n) is 7.02. The molecule has 0 bridgehead atoms. The summed E-state index contributed by atoms with van der Waals surface area (Å²) < 4.78 is 6.59. The standard InChI is InChI=1S/C21H22N2O/c1-3-9-16(10-4-1)18-15-19-17-11-5-6-12-20(17)24-21(23(19)22-18)13-7-2-8-14-21/h1,3-6,9-12,15,19,22H,2,7-8,13-14H2/t19-/m0/s1. The second-order valence-corrected chi connectivity index (χ2v) is 7.02. The lowest BCUT2D eigenvalue weighted by Crippen LogP contribution is -2.60. The monoisotopic (exact) mass is 318 g/mol. The summed E-state index contributed by atoms with van der Waals surface area (Å²) in [7, 11) is 0. The molecule has 3 nitrogen and oxygen atoms in total. The lowest BCUT2D eigenvalue weighted by Gasteiger charge is -2.50. The van der Waals surface area contributed by atoms with Crippen molar-refractivity contribution >= 4 is 5.70 Å². The van der Waals surface area contributed by atoms with Crippen molar-refractivity contribution in [3.05, 3.63) is 71.8 Å². The van der Waals surface area contributed by atoms with Crippen LogP contribution in [0.15, 0.2) is 60.7 Å². The van der Waals surface area contributed by atoms with Crippen LogP contribution in [0.25, 0.3) is 5.70 Å². The first-order valence-electron chi connectivity index (χ1n) is 8.97. The molecule has 3 heteroatoms. The summed E-state index contributed by atoms with van der Waals surface area (Å²) in [6, 6.07) is 19.3. The maximum Gasteiger partial charge on any atom is 0.180 e. The molecule has 1 saturated carbocycles. The van der Waals surface area contributed by atoms with Crippen LogP contribution in [-0.2, 0) is 0 Å². The van der Waals surface area contributed by atoms with E-state index in [-0.39, 0.29) is 11.8 Å². The molecule has 1 fully saturated rings. The van der Waals surface area contributed by atoms with E-state index in [1.807, 2.05) is 0 Å². The van der Waals surface area contributed by atoms with Crippen LogP contribution in [0.1, 0.15) is 49.3 Å². The quantitative estimate of drug-likeness (QED) is 0.829.